The minimum absolute atomic E-state index is 0.00474. The standard InChI is InChI=1S/C15H27F2N3O3/c1-14(2,3)23-13(22)19-11(6-4-5-8-18)12(21)20-9-7-15(16,17)10-20/h11H,4-10,18H2,1-3H3,(H,19,22)/t11-/m0/s1. The van der Waals surface area contributed by atoms with E-state index in [4.69, 9.17) is 10.5 Å². The summed E-state index contributed by atoms with van der Waals surface area (Å²) in [7, 11) is 0. The fourth-order valence-electron chi connectivity index (χ4n) is 2.34. The van der Waals surface area contributed by atoms with Gasteiger partial charge in [-0.2, -0.15) is 0 Å². The Morgan fingerprint density at radius 1 is 1.35 bits per heavy atom. The number of hydrogen-bond donors (Lipinski definition) is 2. The molecule has 1 aliphatic rings. The molecule has 23 heavy (non-hydrogen) atoms. The summed E-state index contributed by atoms with van der Waals surface area (Å²) in [5.74, 6) is -3.35. The van der Waals surface area contributed by atoms with Gasteiger partial charge in [-0.3, -0.25) is 4.79 Å². The highest BCUT2D eigenvalue weighted by Gasteiger charge is 2.42. The highest BCUT2D eigenvalue weighted by Crippen LogP contribution is 2.27. The predicted molar refractivity (Wildman–Crippen MR) is 82.2 cm³/mol. The molecule has 0 aromatic carbocycles. The van der Waals surface area contributed by atoms with Crippen LogP contribution < -0.4 is 11.1 Å². The number of hydrogen-bond acceptors (Lipinski definition) is 4. The molecule has 0 radical (unpaired) electrons. The molecule has 1 fully saturated rings. The molecule has 0 aliphatic carbocycles. The van der Waals surface area contributed by atoms with Crippen LogP contribution in [0.2, 0.25) is 0 Å². The van der Waals surface area contributed by atoms with Gasteiger partial charge in [0.25, 0.3) is 5.92 Å². The van der Waals surface area contributed by atoms with Crippen LogP contribution in [-0.2, 0) is 9.53 Å². The van der Waals surface area contributed by atoms with Crippen molar-refractivity contribution in [3.05, 3.63) is 0 Å². The summed E-state index contributed by atoms with van der Waals surface area (Å²) in [6, 6.07) is -0.870. The summed E-state index contributed by atoms with van der Waals surface area (Å²) < 4.78 is 31.7. The Morgan fingerprint density at radius 3 is 2.48 bits per heavy atom. The zero-order chi connectivity index (χ0) is 17.7. The average Bonchev–Trinajstić information content (AvgIpc) is 2.75. The first kappa shape index (κ1) is 19.6. The van der Waals surface area contributed by atoms with Gasteiger partial charge in [-0.25, -0.2) is 13.6 Å². The number of alkyl halides is 2. The number of nitrogens with zero attached hydrogens (tertiary/aromatic N) is 1. The van der Waals surface area contributed by atoms with Crippen molar-refractivity contribution in [1.29, 1.82) is 0 Å². The third kappa shape index (κ3) is 7.11. The van der Waals surface area contributed by atoms with Crippen LogP contribution >= 0.6 is 0 Å². The Bertz CT molecular complexity index is 425. The van der Waals surface area contributed by atoms with E-state index in [1.165, 1.54) is 0 Å². The number of halogens is 2. The van der Waals surface area contributed by atoms with Crippen molar-refractivity contribution in [1.82, 2.24) is 10.2 Å². The van der Waals surface area contributed by atoms with E-state index < -0.39 is 36.1 Å². The Morgan fingerprint density at radius 2 is 2.00 bits per heavy atom. The van der Waals surface area contributed by atoms with E-state index in [0.717, 1.165) is 4.90 Å². The number of unbranched alkanes of at least 4 members (excludes halogenated alkanes) is 1. The number of carbonyl (C=O) groups excluding carboxylic acids is 2. The van der Waals surface area contributed by atoms with E-state index in [-0.39, 0.29) is 13.0 Å². The molecule has 0 aromatic rings. The van der Waals surface area contributed by atoms with Crippen molar-refractivity contribution < 1.29 is 23.1 Å². The molecule has 8 heteroatoms. The molecule has 1 saturated heterocycles. The summed E-state index contributed by atoms with van der Waals surface area (Å²) in [5, 5.41) is 2.50. The van der Waals surface area contributed by atoms with E-state index in [0.29, 0.717) is 25.8 Å². The van der Waals surface area contributed by atoms with Crippen LogP contribution in [0, 0.1) is 0 Å². The first-order valence-corrected chi connectivity index (χ1v) is 7.90. The van der Waals surface area contributed by atoms with E-state index in [1.54, 1.807) is 20.8 Å². The molecular weight excluding hydrogens is 308 g/mol. The molecule has 2 amide bonds. The highest BCUT2D eigenvalue weighted by molar-refractivity contribution is 5.86. The van der Waals surface area contributed by atoms with Crippen LogP contribution in [0.15, 0.2) is 0 Å². The summed E-state index contributed by atoms with van der Waals surface area (Å²) in [6.45, 7) is 4.98. The number of rotatable bonds is 6. The van der Waals surface area contributed by atoms with Crippen LogP contribution in [0.4, 0.5) is 13.6 Å². The van der Waals surface area contributed by atoms with Crippen LogP contribution in [-0.4, -0.2) is 54.1 Å². The van der Waals surface area contributed by atoms with Crippen LogP contribution in [0.5, 0.6) is 0 Å². The van der Waals surface area contributed by atoms with Crippen molar-refractivity contribution in [2.45, 2.75) is 64.0 Å². The minimum Gasteiger partial charge on any atom is -0.444 e. The van der Waals surface area contributed by atoms with Crippen molar-refractivity contribution in [2.75, 3.05) is 19.6 Å². The van der Waals surface area contributed by atoms with Gasteiger partial charge in [0.15, 0.2) is 0 Å². The molecule has 1 aliphatic heterocycles. The third-order valence-corrected chi connectivity index (χ3v) is 3.42. The quantitative estimate of drug-likeness (QED) is 0.726. The molecule has 1 rings (SSSR count). The Hall–Kier alpha value is -1.44. The first-order valence-electron chi connectivity index (χ1n) is 7.90. The Balaban J connectivity index is 2.67. The number of nitrogens with one attached hydrogen (secondary N) is 1. The largest absolute Gasteiger partial charge is 0.444 e. The van der Waals surface area contributed by atoms with Crippen LogP contribution in [0.3, 0.4) is 0 Å². The second-order valence-corrected chi connectivity index (χ2v) is 6.85. The van der Waals surface area contributed by atoms with Crippen molar-refractivity contribution in [3.63, 3.8) is 0 Å². The maximum Gasteiger partial charge on any atom is 0.408 e. The lowest BCUT2D eigenvalue weighted by atomic mass is 10.1. The summed E-state index contributed by atoms with van der Waals surface area (Å²) in [6.07, 6.45) is 0.579. The lowest BCUT2D eigenvalue weighted by Crippen LogP contribution is -2.49. The van der Waals surface area contributed by atoms with Gasteiger partial charge in [-0.1, -0.05) is 0 Å². The second kappa shape index (κ2) is 7.90. The maximum atomic E-state index is 13.3. The van der Waals surface area contributed by atoms with E-state index in [9.17, 15) is 18.4 Å². The van der Waals surface area contributed by atoms with E-state index in [2.05, 4.69) is 5.32 Å². The molecule has 0 bridgehead atoms. The number of nitrogens with two attached hydrogens (primary N) is 1. The fourth-order valence-corrected chi connectivity index (χ4v) is 2.34. The Kier molecular flexibility index (Phi) is 6.73. The number of alkyl carbamates (subject to hydrolysis) is 1. The number of likely N-dealkylation sites (tertiary alicyclic amines) is 1. The molecule has 1 heterocycles. The summed E-state index contributed by atoms with van der Waals surface area (Å²) >= 11 is 0. The molecule has 3 N–H and O–H groups in total. The minimum atomic E-state index is -2.86. The zero-order valence-corrected chi connectivity index (χ0v) is 14.0. The summed E-state index contributed by atoms with van der Waals surface area (Å²) in [5.41, 5.74) is 4.73. The van der Waals surface area contributed by atoms with Crippen molar-refractivity contribution in [3.8, 4) is 0 Å². The van der Waals surface area contributed by atoms with Crippen LogP contribution in [0.1, 0.15) is 46.5 Å². The van der Waals surface area contributed by atoms with Gasteiger partial charge in [-0.15, -0.1) is 0 Å². The molecule has 6 nitrogen and oxygen atoms in total. The smallest absolute Gasteiger partial charge is 0.408 e. The second-order valence-electron chi connectivity index (χ2n) is 6.85. The molecule has 1 atom stereocenters. The van der Waals surface area contributed by atoms with Gasteiger partial charge in [0.2, 0.25) is 5.91 Å². The topological polar surface area (TPSA) is 84.7 Å². The molecule has 134 valence electrons. The average molecular weight is 335 g/mol. The molecular formula is C15H27F2N3O3. The van der Waals surface area contributed by atoms with Gasteiger partial charge in [0, 0.05) is 13.0 Å². The number of ether oxygens (including phenoxy) is 1. The zero-order valence-electron chi connectivity index (χ0n) is 14.0. The molecule has 0 spiro atoms. The van der Waals surface area contributed by atoms with Crippen molar-refractivity contribution >= 4 is 12.0 Å². The Labute approximate surface area is 135 Å². The van der Waals surface area contributed by atoms with Gasteiger partial charge < -0.3 is 20.7 Å². The summed E-state index contributed by atoms with van der Waals surface area (Å²) in [4.78, 5) is 25.4. The normalized spacial score (nSPS) is 18.6. The SMILES string of the molecule is CC(C)(C)OC(=O)N[C@@H](CCCCN)C(=O)N1CCC(F)(F)C1. The molecule has 0 unspecified atom stereocenters. The lowest BCUT2D eigenvalue weighted by molar-refractivity contribution is -0.134. The van der Waals surface area contributed by atoms with Crippen molar-refractivity contribution in [2.24, 2.45) is 5.73 Å². The monoisotopic (exact) mass is 335 g/mol. The highest BCUT2D eigenvalue weighted by atomic mass is 19.3. The predicted octanol–water partition coefficient (Wildman–Crippen LogP) is 1.88. The number of carbonyl (C=O) groups is 2. The number of amides is 2. The third-order valence-electron chi connectivity index (χ3n) is 3.42. The van der Waals surface area contributed by atoms with Gasteiger partial charge >= 0.3 is 6.09 Å². The van der Waals surface area contributed by atoms with Gasteiger partial charge in [0.1, 0.15) is 11.6 Å². The molecule has 0 saturated carbocycles. The molecule has 0 aromatic heterocycles. The first-order chi connectivity index (χ1) is 10.5. The van der Waals surface area contributed by atoms with Gasteiger partial charge in [0.05, 0.1) is 6.54 Å². The van der Waals surface area contributed by atoms with E-state index in [1.807, 2.05) is 0 Å². The van der Waals surface area contributed by atoms with E-state index >= 15 is 0 Å². The van der Waals surface area contributed by atoms with Gasteiger partial charge in [-0.05, 0) is 46.6 Å². The fraction of sp³-hybridized carbons (Fsp3) is 0.867. The van der Waals surface area contributed by atoms with Crippen LogP contribution in [0.25, 0.3) is 0 Å². The lowest BCUT2D eigenvalue weighted by Gasteiger charge is -2.26. The maximum absolute atomic E-state index is 13.3.